The summed E-state index contributed by atoms with van der Waals surface area (Å²) in [7, 11) is 0. The molecular weight excluding hydrogens is 326 g/mol. The maximum atomic E-state index is 11.5. The minimum atomic E-state index is -0.774. The molecule has 2 unspecified atom stereocenters. The Kier molecular flexibility index (Phi) is 4.00. The SMILES string of the molecule is OC1(c2ccc3c(c2)CCO3)CC2COCC(C1)N2Cc1ccccc1. The topological polar surface area (TPSA) is 41.9 Å². The summed E-state index contributed by atoms with van der Waals surface area (Å²) in [4.78, 5) is 2.53. The van der Waals surface area contributed by atoms with Gasteiger partial charge in [0.1, 0.15) is 5.75 Å². The van der Waals surface area contributed by atoms with Gasteiger partial charge in [-0.05, 0) is 41.7 Å². The first-order valence-corrected chi connectivity index (χ1v) is 9.57. The monoisotopic (exact) mass is 351 g/mol. The highest BCUT2D eigenvalue weighted by molar-refractivity contribution is 5.42. The minimum Gasteiger partial charge on any atom is -0.493 e. The van der Waals surface area contributed by atoms with Crippen LogP contribution < -0.4 is 4.74 Å². The van der Waals surface area contributed by atoms with E-state index in [1.54, 1.807) is 0 Å². The van der Waals surface area contributed by atoms with E-state index >= 15 is 0 Å². The Hall–Kier alpha value is -1.88. The molecule has 0 saturated carbocycles. The lowest BCUT2D eigenvalue weighted by Crippen LogP contribution is -2.60. The molecule has 4 nitrogen and oxygen atoms in total. The van der Waals surface area contributed by atoms with Gasteiger partial charge in [-0.2, -0.15) is 0 Å². The molecule has 3 aliphatic rings. The molecule has 0 radical (unpaired) electrons. The summed E-state index contributed by atoms with van der Waals surface area (Å²) in [5.41, 5.74) is 2.82. The molecule has 2 aromatic carbocycles. The van der Waals surface area contributed by atoms with E-state index in [2.05, 4.69) is 41.3 Å². The summed E-state index contributed by atoms with van der Waals surface area (Å²) in [6.07, 6.45) is 2.38. The number of hydrogen-bond acceptors (Lipinski definition) is 4. The second kappa shape index (κ2) is 6.38. The number of fused-ring (bicyclic) bond motifs is 3. The molecule has 0 amide bonds. The van der Waals surface area contributed by atoms with Crippen molar-refractivity contribution in [2.45, 2.75) is 43.5 Å². The molecule has 3 heterocycles. The molecule has 3 aliphatic heterocycles. The number of benzene rings is 2. The highest BCUT2D eigenvalue weighted by Gasteiger charge is 2.47. The highest BCUT2D eigenvalue weighted by Crippen LogP contribution is 2.43. The molecule has 5 rings (SSSR count). The number of nitrogens with zero attached hydrogens (tertiary/aromatic N) is 1. The Labute approximate surface area is 154 Å². The summed E-state index contributed by atoms with van der Waals surface area (Å²) in [6, 6.07) is 17.3. The molecule has 0 aliphatic carbocycles. The first-order valence-electron chi connectivity index (χ1n) is 9.57. The lowest BCUT2D eigenvalue weighted by molar-refractivity contribution is -0.149. The van der Waals surface area contributed by atoms with Gasteiger partial charge in [0.25, 0.3) is 0 Å². The van der Waals surface area contributed by atoms with Crippen LogP contribution in [0.4, 0.5) is 0 Å². The van der Waals surface area contributed by atoms with Crippen molar-refractivity contribution in [1.29, 1.82) is 0 Å². The van der Waals surface area contributed by atoms with Crippen molar-refractivity contribution in [3.05, 3.63) is 65.2 Å². The minimum absolute atomic E-state index is 0.247. The number of morpholine rings is 1. The van der Waals surface area contributed by atoms with E-state index < -0.39 is 5.60 Å². The maximum absolute atomic E-state index is 11.5. The standard InChI is InChI=1S/C22H25NO3/c24-22(18-6-7-21-17(10-18)8-9-26-21)11-19-14-25-15-20(12-22)23(19)13-16-4-2-1-3-5-16/h1-7,10,19-20,24H,8-9,11-15H2. The highest BCUT2D eigenvalue weighted by atomic mass is 16.5. The van der Waals surface area contributed by atoms with E-state index in [0.717, 1.165) is 43.7 Å². The van der Waals surface area contributed by atoms with Gasteiger partial charge >= 0.3 is 0 Å². The first kappa shape index (κ1) is 16.3. The third kappa shape index (κ3) is 2.82. The predicted octanol–water partition coefficient (Wildman–Crippen LogP) is 2.87. The van der Waals surface area contributed by atoms with Crippen LogP contribution in [0, 0.1) is 0 Å². The van der Waals surface area contributed by atoms with Crippen LogP contribution in [-0.2, 0) is 23.3 Å². The molecule has 2 saturated heterocycles. The number of ether oxygens (including phenoxy) is 2. The summed E-state index contributed by atoms with van der Waals surface area (Å²) in [5, 5.41) is 11.5. The summed E-state index contributed by atoms with van der Waals surface area (Å²) >= 11 is 0. The zero-order valence-electron chi connectivity index (χ0n) is 14.9. The molecule has 1 N–H and O–H groups in total. The molecule has 2 fully saturated rings. The summed E-state index contributed by atoms with van der Waals surface area (Å²) in [5.74, 6) is 0.974. The van der Waals surface area contributed by atoms with Gasteiger partial charge in [-0.3, -0.25) is 4.90 Å². The predicted molar refractivity (Wildman–Crippen MR) is 99.2 cm³/mol. The van der Waals surface area contributed by atoms with Gasteiger partial charge in [-0.1, -0.05) is 36.4 Å². The molecule has 2 atom stereocenters. The van der Waals surface area contributed by atoms with Gasteiger partial charge in [0, 0.05) is 25.0 Å². The Morgan fingerprint density at radius 2 is 1.81 bits per heavy atom. The number of hydrogen-bond donors (Lipinski definition) is 1. The Morgan fingerprint density at radius 3 is 2.58 bits per heavy atom. The van der Waals surface area contributed by atoms with Crippen LogP contribution in [0.2, 0.25) is 0 Å². The van der Waals surface area contributed by atoms with Crippen LogP contribution in [0.1, 0.15) is 29.5 Å². The van der Waals surface area contributed by atoms with Gasteiger partial charge in [-0.25, -0.2) is 0 Å². The summed E-state index contributed by atoms with van der Waals surface area (Å²) in [6.45, 7) is 3.06. The van der Waals surface area contributed by atoms with Crippen molar-refractivity contribution in [2.24, 2.45) is 0 Å². The van der Waals surface area contributed by atoms with Crippen LogP contribution in [-0.4, -0.2) is 41.9 Å². The Balaban J connectivity index is 1.40. The van der Waals surface area contributed by atoms with E-state index in [4.69, 9.17) is 9.47 Å². The van der Waals surface area contributed by atoms with Crippen LogP contribution in [0.15, 0.2) is 48.5 Å². The Morgan fingerprint density at radius 1 is 1.04 bits per heavy atom. The molecule has 2 aromatic rings. The number of aliphatic hydroxyl groups is 1. The van der Waals surface area contributed by atoms with Crippen molar-refractivity contribution in [3.63, 3.8) is 0 Å². The van der Waals surface area contributed by atoms with Crippen LogP contribution in [0.3, 0.4) is 0 Å². The average Bonchev–Trinajstić information content (AvgIpc) is 3.11. The van der Waals surface area contributed by atoms with Gasteiger partial charge in [0.05, 0.1) is 25.4 Å². The van der Waals surface area contributed by atoms with Gasteiger partial charge in [0.15, 0.2) is 0 Å². The van der Waals surface area contributed by atoms with Crippen LogP contribution in [0.5, 0.6) is 5.75 Å². The number of rotatable bonds is 3. The van der Waals surface area contributed by atoms with Crippen molar-refractivity contribution >= 4 is 0 Å². The van der Waals surface area contributed by atoms with Crippen molar-refractivity contribution < 1.29 is 14.6 Å². The Bertz CT molecular complexity index is 777. The fourth-order valence-corrected chi connectivity index (χ4v) is 4.81. The fraction of sp³-hybridized carbons (Fsp3) is 0.455. The van der Waals surface area contributed by atoms with Gasteiger partial charge in [0.2, 0.25) is 0 Å². The average molecular weight is 351 g/mol. The van der Waals surface area contributed by atoms with E-state index in [-0.39, 0.29) is 12.1 Å². The lowest BCUT2D eigenvalue weighted by Gasteiger charge is -2.52. The molecule has 26 heavy (non-hydrogen) atoms. The second-order valence-electron chi connectivity index (χ2n) is 7.86. The van der Waals surface area contributed by atoms with Crippen LogP contribution >= 0.6 is 0 Å². The zero-order valence-corrected chi connectivity index (χ0v) is 14.9. The van der Waals surface area contributed by atoms with Crippen molar-refractivity contribution in [3.8, 4) is 5.75 Å². The maximum Gasteiger partial charge on any atom is 0.122 e. The zero-order chi connectivity index (χ0) is 17.6. The first-order chi connectivity index (χ1) is 12.7. The van der Waals surface area contributed by atoms with E-state index in [0.29, 0.717) is 13.2 Å². The largest absolute Gasteiger partial charge is 0.493 e. The second-order valence-corrected chi connectivity index (χ2v) is 7.86. The quantitative estimate of drug-likeness (QED) is 0.923. The van der Waals surface area contributed by atoms with E-state index in [1.807, 2.05) is 12.1 Å². The van der Waals surface area contributed by atoms with Gasteiger partial charge in [-0.15, -0.1) is 0 Å². The molecule has 2 bridgehead atoms. The molecule has 0 spiro atoms. The molecule has 4 heteroatoms. The molecule has 0 aromatic heterocycles. The fourth-order valence-electron chi connectivity index (χ4n) is 4.81. The smallest absolute Gasteiger partial charge is 0.122 e. The van der Waals surface area contributed by atoms with E-state index in [9.17, 15) is 5.11 Å². The third-order valence-electron chi connectivity index (χ3n) is 6.14. The molecule has 136 valence electrons. The van der Waals surface area contributed by atoms with Crippen LogP contribution in [0.25, 0.3) is 0 Å². The number of piperidine rings is 1. The summed E-state index contributed by atoms with van der Waals surface area (Å²) < 4.78 is 11.5. The third-order valence-corrected chi connectivity index (χ3v) is 6.14. The van der Waals surface area contributed by atoms with E-state index in [1.165, 1.54) is 11.1 Å². The lowest BCUT2D eigenvalue weighted by atomic mass is 9.76. The normalized spacial score (nSPS) is 30.7. The van der Waals surface area contributed by atoms with Gasteiger partial charge < -0.3 is 14.6 Å². The van der Waals surface area contributed by atoms with Crippen molar-refractivity contribution in [2.75, 3.05) is 19.8 Å². The van der Waals surface area contributed by atoms with Crippen molar-refractivity contribution in [1.82, 2.24) is 4.90 Å². The molecular formula is C22H25NO3.